The summed E-state index contributed by atoms with van der Waals surface area (Å²) in [6, 6.07) is 4.76. The van der Waals surface area contributed by atoms with Crippen molar-refractivity contribution in [3.05, 3.63) is 34.4 Å². The maximum absolute atomic E-state index is 10.2. The number of nitrogens with zero attached hydrogens (tertiary/aromatic N) is 1. The van der Waals surface area contributed by atoms with Gasteiger partial charge in [0.1, 0.15) is 5.75 Å². The second-order valence-electron chi connectivity index (χ2n) is 2.12. The summed E-state index contributed by atoms with van der Waals surface area (Å²) < 4.78 is 4.24. The Kier molecular flexibility index (Phi) is 3.15. The van der Waals surface area contributed by atoms with Crippen LogP contribution in [-0.4, -0.2) is 16.2 Å². The fourth-order valence-corrected chi connectivity index (χ4v) is 0.737. The Morgan fingerprint density at radius 1 is 1.36 bits per heavy atom. The van der Waals surface area contributed by atoms with E-state index in [4.69, 9.17) is 5.11 Å². The van der Waals surface area contributed by atoms with Gasteiger partial charge in [0, 0.05) is 12.1 Å². The Morgan fingerprint density at radius 2 is 1.86 bits per heavy atom. The van der Waals surface area contributed by atoms with Crippen molar-refractivity contribution in [2.24, 2.45) is 0 Å². The quantitative estimate of drug-likeness (QED) is 0.321. The van der Waals surface area contributed by atoms with Crippen LogP contribution in [0.1, 0.15) is 0 Å². The van der Waals surface area contributed by atoms with Crippen molar-refractivity contribution in [3.8, 4) is 5.75 Å². The largest absolute Gasteiger partial charge is 0.511 e. The summed E-state index contributed by atoms with van der Waals surface area (Å²) in [6.45, 7) is 0. The van der Waals surface area contributed by atoms with E-state index >= 15 is 0 Å². The van der Waals surface area contributed by atoms with Crippen LogP contribution in [0, 0.1) is 10.1 Å². The number of hydrogen-bond acceptors (Lipinski definition) is 4. The first-order chi connectivity index (χ1) is 6.09. The van der Waals surface area contributed by atoms with E-state index in [1.807, 2.05) is 0 Å². The Hall–Kier alpha value is -3.11. The first kappa shape index (κ1) is 10.9. The van der Waals surface area contributed by atoms with Crippen molar-refractivity contribution >= 4 is 11.8 Å². The predicted octanol–water partition coefficient (Wildman–Crippen LogP) is 1.65. The molecule has 0 aliphatic rings. The number of carboxylic acid groups (broad SMARTS) is 1. The molecule has 0 bridgehead atoms. The van der Waals surface area contributed by atoms with Crippen molar-refractivity contribution in [3.63, 3.8) is 0 Å². The molecule has 0 aliphatic carbocycles. The molecule has 1 aromatic carbocycles. The minimum absolute atomic E-state index is 0. The van der Waals surface area contributed by atoms with E-state index in [1.165, 1.54) is 12.1 Å². The van der Waals surface area contributed by atoms with Gasteiger partial charge in [-0.15, -0.1) is 0 Å². The number of nitro benzene ring substituents is 1. The second kappa shape index (κ2) is 4.05. The zero-order valence-electron chi connectivity index (χ0n) is 7.04. The second-order valence-corrected chi connectivity index (χ2v) is 2.12. The third-order valence-corrected chi connectivity index (χ3v) is 1.25. The maximum Gasteiger partial charge on any atom is 0.511 e. The minimum Gasteiger partial charge on any atom is -0.449 e. The Bertz CT molecular complexity index is 336. The molecule has 0 heterocycles. The van der Waals surface area contributed by atoms with Crippen LogP contribution >= 0.6 is 0 Å². The van der Waals surface area contributed by atoms with E-state index in [0.29, 0.717) is 0 Å². The summed E-state index contributed by atoms with van der Waals surface area (Å²) in [5, 5.41) is 18.4. The van der Waals surface area contributed by atoms with Crippen LogP contribution in [-0.2, 0) is 0 Å². The van der Waals surface area contributed by atoms with Gasteiger partial charge in [-0.05, 0) is 12.1 Å². The van der Waals surface area contributed by atoms with E-state index in [0.717, 1.165) is 12.1 Å². The summed E-state index contributed by atoms with van der Waals surface area (Å²) in [5.41, 5.74) is -0.113. The van der Waals surface area contributed by atoms with Gasteiger partial charge in [-0.25, -0.2) is 4.79 Å². The van der Waals surface area contributed by atoms with Gasteiger partial charge in [-0.1, -0.05) is 0 Å². The Morgan fingerprint density at radius 3 is 2.21 bits per heavy atom. The molecule has 7 heteroatoms. The molecule has 70 valence electrons. The molecule has 0 aromatic heterocycles. The van der Waals surface area contributed by atoms with Crippen molar-refractivity contribution in [1.29, 1.82) is 0 Å². The van der Waals surface area contributed by atoms with Crippen LogP contribution in [0.4, 0.5) is 10.5 Å². The minimum atomic E-state index is -1.45. The van der Waals surface area contributed by atoms with Crippen LogP contribution in [0.2, 0.25) is 0 Å². The molecule has 6 nitrogen and oxygen atoms in total. The van der Waals surface area contributed by atoms with E-state index in [9.17, 15) is 14.9 Å². The zero-order valence-corrected chi connectivity index (χ0v) is 13.4. The van der Waals surface area contributed by atoms with Gasteiger partial charge in [-0.3, -0.25) is 10.1 Å². The number of rotatable bonds is 2. The third-order valence-electron chi connectivity index (χ3n) is 1.25. The van der Waals surface area contributed by atoms with E-state index in [-0.39, 0.29) is 11.4 Å². The molecule has 0 atom stereocenters. The number of ether oxygens (including phenoxy) is 1. The Balaban J connectivity index is 0.00000169. The molecular weight excluding hydrogens is 445 g/mol. The number of hydrogen-bond donors (Lipinski definition) is 1. The van der Waals surface area contributed by atoms with Crippen LogP contribution in [0.3, 0.4) is 0 Å². The van der Waals surface area contributed by atoms with Crippen molar-refractivity contribution in [1.82, 2.24) is 0 Å². The molecule has 14 heavy (non-hydrogen) atoms. The molecule has 0 saturated carbocycles. The van der Waals surface area contributed by atoms with E-state index in [2.05, 4.69) is 4.74 Å². The summed E-state index contributed by atoms with van der Waals surface area (Å²) >= 11 is 0. The standard InChI is InChI=1S/C7H5NO5.Rf/c9-7(10)13-6-3-1-5(2-4-6)8(11)12;/h1-4H,(H,9,10);. The van der Waals surface area contributed by atoms with E-state index in [1.54, 1.807) is 0 Å². The summed E-state index contributed by atoms with van der Waals surface area (Å²) in [5.74, 6) is 0.0538. The van der Waals surface area contributed by atoms with E-state index < -0.39 is 11.1 Å². The molecule has 1 rings (SSSR count). The summed E-state index contributed by atoms with van der Waals surface area (Å²) in [7, 11) is 0. The number of nitro groups is 1. The van der Waals surface area contributed by atoms with Crippen LogP contribution < -0.4 is 4.74 Å². The maximum atomic E-state index is 10.2. The van der Waals surface area contributed by atoms with Crippen LogP contribution in [0.15, 0.2) is 24.3 Å². The van der Waals surface area contributed by atoms with Crippen molar-refractivity contribution in [2.45, 2.75) is 0 Å². The van der Waals surface area contributed by atoms with Gasteiger partial charge < -0.3 is 9.84 Å². The molecule has 0 aliphatic heterocycles. The first-order valence-electron chi connectivity index (χ1n) is 3.25. The topological polar surface area (TPSA) is 89.7 Å². The normalized spacial score (nSPS) is 8.57. The fourth-order valence-electron chi connectivity index (χ4n) is 0.737. The van der Waals surface area contributed by atoms with Gasteiger partial charge in [-0.2, -0.15) is 0 Å². The number of non-ortho nitro benzene ring substituents is 1. The molecule has 0 spiro atoms. The monoisotopic (exact) mass is 450 g/mol. The van der Waals surface area contributed by atoms with Crippen molar-refractivity contribution < 1.29 is 19.6 Å². The molecular formula is C7H5NO5Rf. The zero-order chi connectivity index (χ0) is 9.84. The average Bonchev–Trinajstić information content (AvgIpc) is 2.04. The van der Waals surface area contributed by atoms with Crippen molar-refractivity contribution in [2.75, 3.05) is 0 Å². The molecule has 0 amide bonds. The molecule has 1 N–H and O–H groups in total. The smallest absolute Gasteiger partial charge is 0.449 e. The molecule has 0 saturated heterocycles. The van der Waals surface area contributed by atoms with Gasteiger partial charge in [0.2, 0.25) is 0 Å². The number of benzene rings is 1. The Labute approximate surface area is 72.5 Å². The molecule has 1 aromatic rings. The van der Waals surface area contributed by atoms with Crippen LogP contribution in [0.5, 0.6) is 5.75 Å². The van der Waals surface area contributed by atoms with Gasteiger partial charge in [0.15, 0.2) is 0 Å². The fraction of sp³-hybridized carbons (Fsp3) is 0. The number of carbonyl (C=O) groups is 1. The average molecular weight is 450 g/mol. The molecule has 0 fully saturated rings. The van der Waals surface area contributed by atoms with Crippen LogP contribution in [0.25, 0.3) is 0 Å². The SMILES string of the molecule is O=C(O)Oc1ccc([N+](=O)[O-])cc1.[Rf]. The summed E-state index contributed by atoms with van der Waals surface area (Å²) in [4.78, 5) is 19.6. The van der Waals surface area contributed by atoms with Gasteiger partial charge in [0.05, 0.1) is 4.92 Å². The third kappa shape index (κ3) is 2.50. The van der Waals surface area contributed by atoms with Gasteiger partial charge >= 0.3 is 6.16 Å². The first-order valence-corrected chi connectivity index (χ1v) is 3.25. The summed E-state index contributed by atoms with van der Waals surface area (Å²) in [6.07, 6.45) is -1.45. The molecule has 0 radical (unpaired) electrons. The van der Waals surface area contributed by atoms with Gasteiger partial charge in [0.25, 0.3) is 5.69 Å². The predicted molar refractivity (Wildman–Crippen MR) is 41.7 cm³/mol. The molecule has 0 unspecified atom stereocenters.